The van der Waals surface area contributed by atoms with Crippen molar-refractivity contribution in [3.63, 3.8) is 0 Å². The van der Waals surface area contributed by atoms with Crippen LogP contribution in [0.25, 0.3) is 0 Å². The Labute approximate surface area is 79.5 Å². The van der Waals surface area contributed by atoms with Gasteiger partial charge in [0.25, 0.3) is 0 Å². The van der Waals surface area contributed by atoms with Crippen molar-refractivity contribution in [3.8, 4) is 0 Å². The lowest BCUT2D eigenvalue weighted by molar-refractivity contribution is -0.144. The van der Waals surface area contributed by atoms with Gasteiger partial charge in [-0.15, -0.1) is 0 Å². The summed E-state index contributed by atoms with van der Waals surface area (Å²) in [5.41, 5.74) is 1.71. The van der Waals surface area contributed by atoms with E-state index < -0.39 is 30.4 Å². The van der Waals surface area contributed by atoms with Crippen molar-refractivity contribution < 1.29 is 26.3 Å². The van der Waals surface area contributed by atoms with Crippen LogP contribution < -0.4 is 5.73 Å². The minimum absolute atomic E-state index is 0.0584. The van der Waals surface area contributed by atoms with Crippen molar-refractivity contribution >= 4 is 0 Å². The number of hydrogen-bond donors (Lipinski definition) is 1. The van der Waals surface area contributed by atoms with E-state index in [0.717, 1.165) is 0 Å². The first-order valence-electron chi connectivity index (χ1n) is 3.58. The Hall–Kier alpha value is -1.25. The van der Waals surface area contributed by atoms with Crippen LogP contribution in [0.1, 0.15) is 11.4 Å². The molecule has 0 aliphatic carbocycles. The first-order chi connectivity index (χ1) is 6.66. The van der Waals surface area contributed by atoms with Gasteiger partial charge in [0.1, 0.15) is 5.69 Å². The number of hydrogen-bond acceptors (Lipinski definition) is 2. The van der Waals surface area contributed by atoms with Crippen molar-refractivity contribution in [1.29, 1.82) is 0 Å². The van der Waals surface area contributed by atoms with Gasteiger partial charge < -0.3 is 5.73 Å². The minimum Gasteiger partial charge on any atom is -0.312 e. The van der Waals surface area contributed by atoms with Crippen LogP contribution in [0, 0.1) is 0 Å². The molecule has 0 aromatic carbocycles. The summed E-state index contributed by atoms with van der Waals surface area (Å²) in [6, 6.07) is -0.0765. The number of nitrogens with zero attached hydrogens (tertiary/aromatic N) is 2. The highest BCUT2D eigenvalue weighted by atomic mass is 19.4. The van der Waals surface area contributed by atoms with Crippen LogP contribution in [0.4, 0.5) is 26.3 Å². The molecule has 0 saturated heterocycles. The summed E-state index contributed by atoms with van der Waals surface area (Å²) in [7, 11) is 0. The maximum Gasteiger partial charge on any atom is 0.435 e. The zero-order valence-electron chi connectivity index (χ0n) is 7.02. The van der Waals surface area contributed by atoms with Crippen LogP contribution in [0.15, 0.2) is 6.07 Å². The number of rotatable bonds is 1. The van der Waals surface area contributed by atoms with E-state index in [1.807, 2.05) is 0 Å². The topological polar surface area (TPSA) is 43.8 Å². The Morgan fingerprint density at radius 1 is 1.13 bits per heavy atom. The number of alkyl halides is 6. The lowest BCUT2D eigenvalue weighted by Gasteiger charge is -2.06. The van der Waals surface area contributed by atoms with Crippen molar-refractivity contribution in [2.24, 2.45) is 5.73 Å². The van der Waals surface area contributed by atoms with Gasteiger partial charge in [-0.05, 0) is 0 Å². The molecule has 0 amide bonds. The summed E-state index contributed by atoms with van der Waals surface area (Å²) in [5, 5.41) is 2.71. The molecular formula is C6H5F6N3. The molecular weight excluding hydrogens is 228 g/mol. The zero-order valence-corrected chi connectivity index (χ0v) is 7.02. The number of aromatic nitrogens is 2. The highest BCUT2D eigenvalue weighted by Crippen LogP contribution is 2.34. The highest BCUT2D eigenvalue weighted by Gasteiger charge is 2.41. The third-order valence-corrected chi connectivity index (χ3v) is 1.53. The fraction of sp³-hybridized carbons (Fsp3) is 0.500. The Balaban J connectivity index is 3.24. The highest BCUT2D eigenvalue weighted by molar-refractivity contribution is 5.15. The molecule has 0 atom stereocenters. The van der Waals surface area contributed by atoms with Crippen molar-refractivity contribution in [1.82, 2.24) is 9.78 Å². The SMILES string of the molecule is NCn1nc(C(F)(F)F)cc1C(F)(F)F. The number of halogens is 6. The second-order valence-corrected chi connectivity index (χ2v) is 2.59. The first kappa shape index (κ1) is 11.8. The molecule has 0 unspecified atom stereocenters. The van der Waals surface area contributed by atoms with E-state index in [1.54, 1.807) is 0 Å². The number of nitrogens with two attached hydrogens (primary N) is 1. The lowest BCUT2D eigenvalue weighted by Crippen LogP contribution is -2.18. The van der Waals surface area contributed by atoms with Gasteiger partial charge in [-0.25, -0.2) is 4.68 Å². The Morgan fingerprint density at radius 3 is 1.93 bits per heavy atom. The lowest BCUT2D eigenvalue weighted by atomic mass is 10.3. The van der Waals surface area contributed by atoms with Gasteiger partial charge in [-0.1, -0.05) is 0 Å². The molecule has 1 aromatic rings. The molecule has 0 saturated carbocycles. The molecule has 0 radical (unpaired) electrons. The summed E-state index contributed by atoms with van der Waals surface area (Å²) in [4.78, 5) is 0. The van der Waals surface area contributed by atoms with Crippen LogP contribution in [0.2, 0.25) is 0 Å². The molecule has 2 N–H and O–H groups in total. The second kappa shape index (κ2) is 3.40. The normalized spacial score (nSPS) is 13.3. The third kappa shape index (κ3) is 2.41. The van der Waals surface area contributed by atoms with E-state index in [9.17, 15) is 26.3 Å². The maximum atomic E-state index is 12.2. The second-order valence-electron chi connectivity index (χ2n) is 2.59. The molecule has 1 heterocycles. The average molecular weight is 233 g/mol. The van der Waals surface area contributed by atoms with Crippen LogP contribution in [0.5, 0.6) is 0 Å². The third-order valence-electron chi connectivity index (χ3n) is 1.53. The van der Waals surface area contributed by atoms with Gasteiger partial charge in [0.05, 0.1) is 6.67 Å². The van der Waals surface area contributed by atoms with E-state index in [1.165, 1.54) is 0 Å². The van der Waals surface area contributed by atoms with Crippen LogP contribution in [0.3, 0.4) is 0 Å². The van der Waals surface area contributed by atoms with Gasteiger partial charge in [-0.2, -0.15) is 31.4 Å². The molecule has 1 rings (SSSR count). The Kier molecular flexibility index (Phi) is 2.68. The molecule has 0 aliphatic heterocycles. The molecule has 86 valence electrons. The summed E-state index contributed by atoms with van der Waals surface area (Å²) < 4.78 is 72.6. The Morgan fingerprint density at radius 2 is 1.67 bits per heavy atom. The molecule has 9 heteroatoms. The summed E-state index contributed by atoms with van der Waals surface area (Å²) in [6.07, 6.45) is -9.82. The van der Waals surface area contributed by atoms with Gasteiger partial charge in [0.15, 0.2) is 5.69 Å². The predicted octanol–water partition coefficient (Wildman–Crippen LogP) is 1.84. The molecule has 1 aromatic heterocycles. The molecule has 0 aliphatic rings. The molecule has 0 fully saturated rings. The largest absolute Gasteiger partial charge is 0.435 e. The van der Waals surface area contributed by atoms with Gasteiger partial charge in [0, 0.05) is 6.07 Å². The van der Waals surface area contributed by atoms with Crippen LogP contribution in [-0.2, 0) is 19.0 Å². The molecule has 15 heavy (non-hydrogen) atoms. The monoisotopic (exact) mass is 233 g/mol. The summed E-state index contributed by atoms with van der Waals surface area (Å²) in [6.45, 7) is -0.773. The van der Waals surface area contributed by atoms with Crippen molar-refractivity contribution in [2.45, 2.75) is 19.0 Å². The van der Waals surface area contributed by atoms with E-state index in [4.69, 9.17) is 5.73 Å². The zero-order chi connectivity index (χ0) is 11.9. The van der Waals surface area contributed by atoms with Crippen molar-refractivity contribution in [2.75, 3.05) is 0 Å². The summed E-state index contributed by atoms with van der Waals surface area (Å²) in [5.74, 6) is 0. The van der Waals surface area contributed by atoms with Crippen molar-refractivity contribution in [3.05, 3.63) is 17.5 Å². The standard InChI is InChI=1S/C6H5F6N3/c7-5(8,9)3-1-4(6(10,11)12)15(2-13)14-3/h1H,2,13H2. The maximum absolute atomic E-state index is 12.2. The smallest absolute Gasteiger partial charge is 0.312 e. The van der Waals surface area contributed by atoms with Gasteiger partial charge >= 0.3 is 12.4 Å². The Bertz CT molecular complexity index is 349. The summed E-state index contributed by atoms with van der Waals surface area (Å²) >= 11 is 0. The first-order valence-corrected chi connectivity index (χ1v) is 3.58. The van der Waals surface area contributed by atoms with Gasteiger partial charge in [-0.3, -0.25) is 0 Å². The van der Waals surface area contributed by atoms with Gasteiger partial charge in [0.2, 0.25) is 0 Å². The minimum atomic E-state index is -4.92. The van der Waals surface area contributed by atoms with E-state index in [2.05, 4.69) is 5.10 Å². The van der Waals surface area contributed by atoms with E-state index in [0.29, 0.717) is 0 Å². The fourth-order valence-corrected chi connectivity index (χ4v) is 0.923. The fourth-order valence-electron chi connectivity index (χ4n) is 0.923. The van der Waals surface area contributed by atoms with Crippen LogP contribution >= 0.6 is 0 Å². The van der Waals surface area contributed by atoms with E-state index >= 15 is 0 Å². The quantitative estimate of drug-likeness (QED) is 0.752. The molecule has 0 spiro atoms. The average Bonchev–Trinajstić information content (AvgIpc) is 2.44. The molecule has 3 nitrogen and oxygen atoms in total. The van der Waals surface area contributed by atoms with E-state index in [-0.39, 0.29) is 10.7 Å². The predicted molar refractivity (Wildman–Crippen MR) is 36.4 cm³/mol. The van der Waals surface area contributed by atoms with Crippen LogP contribution in [-0.4, -0.2) is 9.78 Å². The molecule has 0 bridgehead atoms.